The van der Waals surface area contributed by atoms with Crippen LogP contribution in [-0.4, -0.2) is 29.2 Å². The lowest BCUT2D eigenvalue weighted by Gasteiger charge is -2.44. The van der Waals surface area contributed by atoms with Crippen molar-refractivity contribution in [2.75, 3.05) is 18.4 Å². The van der Waals surface area contributed by atoms with Crippen molar-refractivity contribution in [3.63, 3.8) is 0 Å². The minimum Gasteiger partial charge on any atom is -0.459 e. The molecule has 2 aromatic rings. The molecule has 1 aromatic heterocycles. The number of furan rings is 1. The Morgan fingerprint density at radius 1 is 1.25 bits per heavy atom. The number of hydrogen-bond acceptors (Lipinski definition) is 5. The molecule has 1 atom stereocenters. The van der Waals surface area contributed by atoms with Crippen molar-refractivity contribution in [1.29, 1.82) is 0 Å². The number of nitrogens with zero attached hydrogens (tertiary/aromatic N) is 1. The molecule has 150 valence electrons. The van der Waals surface area contributed by atoms with Crippen LogP contribution in [-0.2, 0) is 12.1 Å². The quantitative estimate of drug-likeness (QED) is 0.681. The van der Waals surface area contributed by atoms with E-state index in [0.29, 0.717) is 6.54 Å². The van der Waals surface area contributed by atoms with E-state index in [-0.39, 0.29) is 11.6 Å². The van der Waals surface area contributed by atoms with Gasteiger partial charge in [-0.05, 0) is 44.4 Å². The molecule has 1 saturated heterocycles. The molecule has 1 unspecified atom stereocenters. The molecule has 1 spiro atoms. The van der Waals surface area contributed by atoms with Crippen LogP contribution < -0.4 is 10.6 Å². The average Bonchev–Trinajstić information content (AvgIpc) is 3.04. The molecule has 0 amide bonds. The number of nitrogens with one attached hydrogen (secondary N) is 2. The maximum absolute atomic E-state index is 9.97. The highest BCUT2D eigenvalue weighted by Crippen LogP contribution is 2.49. The maximum atomic E-state index is 9.97. The number of rotatable bonds is 2. The third kappa shape index (κ3) is 3.10. The standard InChI is InChI=1S/C22H28ClN3O2/c1-14-24-20-18(23)11-15-10-17(13-26-9-5-6-16(27)12-26)28-21(15)19(20)22(25-14)7-3-2-4-8-22/h10-11,16,24-25,27H,1-9,12-13H2. The molecular weight excluding hydrogens is 374 g/mol. The van der Waals surface area contributed by atoms with Crippen LogP contribution in [0.5, 0.6) is 0 Å². The minimum atomic E-state index is -0.231. The van der Waals surface area contributed by atoms with Crippen LogP contribution in [0.1, 0.15) is 56.3 Å². The van der Waals surface area contributed by atoms with Crippen molar-refractivity contribution in [2.45, 2.75) is 63.1 Å². The fourth-order valence-corrected chi connectivity index (χ4v) is 5.58. The lowest BCUT2D eigenvalue weighted by atomic mass is 9.74. The van der Waals surface area contributed by atoms with Crippen molar-refractivity contribution in [3.8, 4) is 0 Å². The summed E-state index contributed by atoms with van der Waals surface area (Å²) in [5, 5.41) is 18.7. The van der Waals surface area contributed by atoms with Gasteiger partial charge >= 0.3 is 0 Å². The Labute approximate surface area is 170 Å². The fraction of sp³-hybridized carbons (Fsp3) is 0.545. The van der Waals surface area contributed by atoms with Gasteiger partial charge in [0.15, 0.2) is 0 Å². The molecule has 5 rings (SSSR count). The van der Waals surface area contributed by atoms with Gasteiger partial charge in [0.05, 0.1) is 34.7 Å². The second-order valence-corrected chi connectivity index (χ2v) is 9.05. The number of benzene rings is 1. The predicted molar refractivity (Wildman–Crippen MR) is 112 cm³/mol. The Morgan fingerprint density at radius 2 is 2.07 bits per heavy atom. The van der Waals surface area contributed by atoms with Crippen LogP contribution >= 0.6 is 11.6 Å². The normalized spacial score (nSPS) is 24.8. The SMILES string of the molecule is C=C1Nc2c(Cl)cc3cc(CN4CCCC(O)C4)oc3c2C2(CCCCC2)N1. The van der Waals surface area contributed by atoms with E-state index in [9.17, 15) is 5.11 Å². The average molecular weight is 402 g/mol. The number of halogens is 1. The summed E-state index contributed by atoms with van der Waals surface area (Å²) in [5.74, 6) is 1.74. The van der Waals surface area contributed by atoms with Gasteiger partial charge in [-0.15, -0.1) is 0 Å². The largest absolute Gasteiger partial charge is 0.459 e. The third-order valence-electron chi connectivity index (χ3n) is 6.52. The Bertz CT molecular complexity index is 916. The molecule has 3 N–H and O–H groups in total. The van der Waals surface area contributed by atoms with Gasteiger partial charge in [-0.3, -0.25) is 4.90 Å². The molecular formula is C22H28ClN3O2. The van der Waals surface area contributed by atoms with Gasteiger partial charge in [-0.1, -0.05) is 37.4 Å². The second kappa shape index (κ2) is 6.97. The first kappa shape index (κ1) is 18.3. The molecule has 1 aromatic carbocycles. The summed E-state index contributed by atoms with van der Waals surface area (Å²) in [6.07, 6.45) is 7.45. The van der Waals surface area contributed by atoms with Crippen LogP contribution in [0.25, 0.3) is 11.0 Å². The number of piperidine rings is 1. The fourth-order valence-electron chi connectivity index (χ4n) is 5.32. The molecule has 6 heteroatoms. The zero-order chi connectivity index (χ0) is 19.3. The Kier molecular flexibility index (Phi) is 4.57. The van der Waals surface area contributed by atoms with Gasteiger partial charge in [0.25, 0.3) is 0 Å². The summed E-state index contributed by atoms with van der Waals surface area (Å²) in [6.45, 7) is 6.56. The molecule has 1 saturated carbocycles. The molecule has 3 aliphatic rings. The molecule has 2 fully saturated rings. The van der Waals surface area contributed by atoms with E-state index in [4.69, 9.17) is 16.0 Å². The van der Waals surface area contributed by atoms with Crippen LogP contribution in [0, 0.1) is 0 Å². The summed E-state index contributed by atoms with van der Waals surface area (Å²) in [4.78, 5) is 2.27. The molecule has 3 heterocycles. The first-order valence-corrected chi connectivity index (χ1v) is 10.8. The van der Waals surface area contributed by atoms with Crippen molar-refractivity contribution in [1.82, 2.24) is 10.2 Å². The van der Waals surface area contributed by atoms with Gasteiger partial charge in [0, 0.05) is 17.5 Å². The number of anilines is 1. The van der Waals surface area contributed by atoms with Gasteiger partial charge < -0.3 is 20.2 Å². The zero-order valence-corrected chi connectivity index (χ0v) is 16.9. The van der Waals surface area contributed by atoms with Crippen molar-refractivity contribution >= 4 is 28.3 Å². The molecule has 2 aliphatic heterocycles. The first-order valence-electron chi connectivity index (χ1n) is 10.4. The van der Waals surface area contributed by atoms with Gasteiger partial charge in [0.1, 0.15) is 11.3 Å². The highest BCUT2D eigenvalue weighted by molar-refractivity contribution is 6.34. The molecule has 5 nitrogen and oxygen atoms in total. The van der Waals surface area contributed by atoms with E-state index in [1.807, 2.05) is 6.07 Å². The zero-order valence-electron chi connectivity index (χ0n) is 16.2. The summed E-state index contributed by atoms with van der Waals surface area (Å²) in [6, 6.07) is 4.11. The Hall–Kier alpha value is -1.69. The monoisotopic (exact) mass is 401 g/mol. The number of aliphatic hydroxyl groups excluding tert-OH is 1. The smallest absolute Gasteiger partial charge is 0.142 e. The van der Waals surface area contributed by atoms with E-state index in [1.54, 1.807) is 0 Å². The highest BCUT2D eigenvalue weighted by atomic mass is 35.5. The molecule has 0 bridgehead atoms. The van der Waals surface area contributed by atoms with E-state index in [1.165, 1.54) is 19.3 Å². The predicted octanol–water partition coefficient (Wildman–Crippen LogP) is 4.69. The summed E-state index contributed by atoms with van der Waals surface area (Å²) in [7, 11) is 0. The highest BCUT2D eigenvalue weighted by Gasteiger charge is 2.42. The Balaban J connectivity index is 1.58. The van der Waals surface area contributed by atoms with Gasteiger partial charge in [0.2, 0.25) is 0 Å². The van der Waals surface area contributed by atoms with Crippen LogP contribution in [0.2, 0.25) is 5.02 Å². The summed E-state index contributed by atoms with van der Waals surface area (Å²) >= 11 is 6.69. The van der Waals surface area contributed by atoms with E-state index in [0.717, 1.165) is 77.6 Å². The first-order chi connectivity index (χ1) is 13.5. The maximum Gasteiger partial charge on any atom is 0.142 e. The Morgan fingerprint density at radius 3 is 2.86 bits per heavy atom. The van der Waals surface area contributed by atoms with E-state index >= 15 is 0 Å². The lowest BCUT2D eigenvalue weighted by Crippen LogP contribution is -2.48. The van der Waals surface area contributed by atoms with Crippen LogP contribution in [0.3, 0.4) is 0 Å². The lowest BCUT2D eigenvalue weighted by molar-refractivity contribution is 0.0636. The topological polar surface area (TPSA) is 60.7 Å². The number of β-amino-alcohol motifs (C(OH)–C–C–N with tert-alkyl or cyclic N) is 1. The van der Waals surface area contributed by atoms with Crippen LogP contribution in [0.15, 0.2) is 28.9 Å². The molecule has 0 radical (unpaired) electrons. The minimum absolute atomic E-state index is 0.157. The van der Waals surface area contributed by atoms with Gasteiger partial charge in [-0.25, -0.2) is 0 Å². The number of fused-ring (bicyclic) bond motifs is 4. The van der Waals surface area contributed by atoms with E-state index in [2.05, 4.69) is 28.2 Å². The van der Waals surface area contributed by atoms with Crippen molar-refractivity contribution < 1.29 is 9.52 Å². The van der Waals surface area contributed by atoms with Gasteiger partial charge in [-0.2, -0.15) is 0 Å². The number of likely N-dealkylation sites (tertiary alicyclic amines) is 1. The van der Waals surface area contributed by atoms with Crippen LogP contribution in [0.4, 0.5) is 5.69 Å². The summed E-state index contributed by atoms with van der Waals surface area (Å²) in [5.41, 5.74) is 2.87. The third-order valence-corrected chi connectivity index (χ3v) is 6.82. The molecule has 1 aliphatic carbocycles. The van der Waals surface area contributed by atoms with Crippen molar-refractivity contribution in [2.24, 2.45) is 0 Å². The number of hydrogen-bond donors (Lipinski definition) is 3. The van der Waals surface area contributed by atoms with Crippen molar-refractivity contribution in [3.05, 3.63) is 40.9 Å². The van der Waals surface area contributed by atoms with E-state index < -0.39 is 0 Å². The molecule has 28 heavy (non-hydrogen) atoms. The second-order valence-electron chi connectivity index (χ2n) is 8.64. The summed E-state index contributed by atoms with van der Waals surface area (Å²) < 4.78 is 6.43. The number of aliphatic hydroxyl groups is 1.